The largest absolute Gasteiger partial charge is 0.340 e. The molecule has 0 saturated heterocycles. The molecule has 0 atom stereocenters. The minimum atomic E-state index is 0.486. The van der Waals surface area contributed by atoms with Gasteiger partial charge in [-0.15, -0.1) is 0 Å². The fourth-order valence-corrected chi connectivity index (χ4v) is 2.58. The summed E-state index contributed by atoms with van der Waals surface area (Å²) in [5.74, 6) is 1.17. The molecule has 7 heteroatoms. The lowest BCUT2D eigenvalue weighted by Crippen LogP contribution is -2.02. The van der Waals surface area contributed by atoms with Crippen LogP contribution in [0.5, 0.6) is 0 Å². The summed E-state index contributed by atoms with van der Waals surface area (Å²) in [5.41, 5.74) is 4.16. The van der Waals surface area contributed by atoms with Gasteiger partial charge in [-0.3, -0.25) is 9.36 Å². The Balaban J connectivity index is 1.60. The highest BCUT2D eigenvalue weighted by atomic mass is 16.5. The van der Waals surface area contributed by atoms with Crippen LogP contribution in [-0.4, -0.2) is 29.7 Å². The van der Waals surface area contributed by atoms with E-state index in [2.05, 4.69) is 32.5 Å². The molecular formula is C17H16N6O. The lowest BCUT2D eigenvalue weighted by molar-refractivity contribution is 0.385. The second-order valence-corrected chi connectivity index (χ2v) is 5.61. The summed E-state index contributed by atoms with van der Waals surface area (Å²) in [7, 11) is 1.91. The van der Waals surface area contributed by atoms with E-state index in [-0.39, 0.29) is 0 Å². The first-order chi connectivity index (χ1) is 11.7. The van der Waals surface area contributed by atoms with E-state index >= 15 is 0 Å². The normalized spacial score (nSPS) is 11.1. The van der Waals surface area contributed by atoms with Gasteiger partial charge in [0.05, 0.1) is 11.9 Å². The lowest BCUT2D eigenvalue weighted by atomic mass is 10.0. The number of aromatic nitrogens is 6. The number of hydrogen-bond acceptors (Lipinski definition) is 5. The maximum atomic E-state index is 4.98. The van der Waals surface area contributed by atoms with Gasteiger partial charge in [0.2, 0.25) is 5.89 Å². The standard InChI is InChI=1S/C17H16N6O/c1-12-19-17(21-24-12)11-23-7-6-16(20-23)14-5-3-4-13(8-14)15-9-18-22(2)10-15/h3-10H,11H2,1-2H3. The summed E-state index contributed by atoms with van der Waals surface area (Å²) in [6.45, 7) is 2.26. The predicted molar refractivity (Wildman–Crippen MR) is 88.0 cm³/mol. The highest BCUT2D eigenvalue weighted by Gasteiger charge is 2.08. The first-order valence-corrected chi connectivity index (χ1v) is 7.59. The molecule has 0 unspecified atom stereocenters. The van der Waals surface area contributed by atoms with Gasteiger partial charge in [0, 0.05) is 37.5 Å². The van der Waals surface area contributed by atoms with E-state index in [1.165, 1.54) is 0 Å². The van der Waals surface area contributed by atoms with Gasteiger partial charge in [-0.25, -0.2) is 0 Å². The van der Waals surface area contributed by atoms with Gasteiger partial charge in [-0.2, -0.15) is 15.2 Å². The Hall–Kier alpha value is -3.22. The number of hydrogen-bond donors (Lipinski definition) is 0. The van der Waals surface area contributed by atoms with E-state index in [0.717, 1.165) is 22.4 Å². The molecule has 0 aliphatic heterocycles. The van der Waals surface area contributed by atoms with Crippen LogP contribution in [0.1, 0.15) is 11.7 Å². The van der Waals surface area contributed by atoms with Gasteiger partial charge < -0.3 is 4.52 Å². The summed E-state index contributed by atoms with van der Waals surface area (Å²) in [5, 5.41) is 12.7. The molecule has 0 bridgehead atoms. The monoisotopic (exact) mass is 320 g/mol. The molecule has 0 fully saturated rings. The van der Waals surface area contributed by atoms with Crippen LogP contribution in [0.15, 0.2) is 53.4 Å². The molecule has 4 aromatic rings. The smallest absolute Gasteiger partial charge is 0.223 e. The molecule has 3 aromatic heterocycles. The van der Waals surface area contributed by atoms with Gasteiger partial charge in [0.25, 0.3) is 0 Å². The van der Waals surface area contributed by atoms with E-state index < -0.39 is 0 Å². The van der Waals surface area contributed by atoms with Crippen LogP contribution in [0.2, 0.25) is 0 Å². The molecule has 0 N–H and O–H groups in total. The SMILES string of the molecule is Cc1nc(Cn2ccc(-c3cccc(-c4cnn(C)c4)c3)n2)no1. The van der Waals surface area contributed by atoms with Crippen LogP contribution in [0.3, 0.4) is 0 Å². The van der Waals surface area contributed by atoms with Gasteiger partial charge in [0.1, 0.15) is 6.54 Å². The van der Waals surface area contributed by atoms with Crippen molar-refractivity contribution in [3.63, 3.8) is 0 Å². The molecule has 0 radical (unpaired) electrons. The quantitative estimate of drug-likeness (QED) is 0.578. The Morgan fingerprint density at radius 2 is 2.00 bits per heavy atom. The second kappa shape index (κ2) is 5.77. The maximum absolute atomic E-state index is 4.98. The third-order valence-electron chi connectivity index (χ3n) is 3.71. The minimum absolute atomic E-state index is 0.486. The molecule has 24 heavy (non-hydrogen) atoms. The van der Waals surface area contributed by atoms with Crippen LogP contribution in [0, 0.1) is 6.92 Å². The molecule has 0 saturated carbocycles. The van der Waals surface area contributed by atoms with Gasteiger partial charge in [-0.05, 0) is 17.7 Å². The van der Waals surface area contributed by atoms with Crippen LogP contribution < -0.4 is 0 Å². The van der Waals surface area contributed by atoms with Crippen LogP contribution in [-0.2, 0) is 13.6 Å². The highest BCUT2D eigenvalue weighted by Crippen LogP contribution is 2.25. The van der Waals surface area contributed by atoms with Crippen molar-refractivity contribution in [2.75, 3.05) is 0 Å². The summed E-state index contributed by atoms with van der Waals surface area (Å²) >= 11 is 0. The van der Waals surface area contributed by atoms with Crippen LogP contribution >= 0.6 is 0 Å². The summed E-state index contributed by atoms with van der Waals surface area (Å²) < 4.78 is 8.58. The molecule has 7 nitrogen and oxygen atoms in total. The third-order valence-corrected chi connectivity index (χ3v) is 3.71. The van der Waals surface area contributed by atoms with Crippen molar-refractivity contribution in [1.82, 2.24) is 29.7 Å². The van der Waals surface area contributed by atoms with Gasteiger partial charge in [0.15, 0.2) is 5.82 Å². The highest BCUT2D eigenvalue weighted by molar-refractivity contribution is 5.70. The van der Waals surface area contributed by atoms with Crippen molar-refractivity contribution in [1.29, 1.82) is 0 Å². The number of nitrogens with zero attached hydrogens (tertiary/aromatic N) is 6. The van der Waals surface area contributed by atoms with Crippen molar-refractivity contribution in [3.8, 4) is 22.4 Å². The number of rotatable bonds is 4. The Bertz CT molecular complexity index is 980. The summed E-state index contributed by atoms with van der Waals surface area (Å²) in [6.07, 6.45) is 5.77. The molecule has 0 aliphatic carbocycles. The Morgan fingerprint density at radius 3 is 2.75 bits per heavy atom. The molecule has 3 heterocycles. The van der Waals surface area contributed by atoms with Crippen molar-refractivity contribution in [2.24, 2.45) is 7.05 Å². The van der Waals surface area contributed by atoms with Crippen LogP contribution in [0.25, 0.3) is 22.4 Å². The summed E-state index contributed by atoms with van der Waals surface area (Å²) in [4.78, 5) is 4.20. The zero-order valence-corrected chi connectivity index (χ0v) is 13.4. The Labute approximate surface area is 138 Å². The van der Waals surface area contributed by atoms with Crippen molar-refractivity contribution < 1.29 is 4.52 Å². The fourth-order valence-electron chi connectivity index (χ4n) is 2.58. The Morgan fingerprint density at radius 1 is 1.12 bits per heavy atom. The fraction of sp³-hybridized carbons (Fsp3) is 0.176. The minimum Gasteiger partial charge on any atom is -0.340 e. The molecule has 1 aromatic carbocycles. The van der Waals surface area contributed by atoms with Crippen LogP contribution in [0.4, 0.5) is 0 Å². The van der Waals surface area contributed by atoms with Crippen molar-refractivity contribution >= 4 is 0 Å². The molecule has 4 rings (SSSR count). The van der Waals surface area contributed by atoms with E-state index in [9.17, 15) is 0 Å². The molecule has 0 amide bonds. The second-order valence-electron chi connectivity index (χ2n) is 5.61. The number of aryl methyl sites for hydroxylation is 2. The molecule has 120 valence electrons. The van der Waals surface area contributed by atoms with Crippen molar-refractivity contribution in [2.45, 2.75) is 13.5 Å². The zero-order chi connectivity index (χ0) is 16.5. The third kappa shape index (κ3) is 2.83. The first-order valence-electron chi connectivity index (χ1n) is 7.59. The van der Waals surface area contributed by atoms with E-state index in [0.29, 0.717) is 18.3 Å². The zero-order valence-electron chi connectivity index (χ0n) is 13.4. The maximum Gasteiger partial charge on any atom is 0.223 e. The molecule has 0 spiro atoms. The van der Waals surface area contributed by atoms with E-state index in [1.807, 2.05) is 43.8 Å². The van der Waals surface area contributed by atoms with Gasteiger partial charge in [-0.1, -0.05) is 23.4 Å². The number of benzene rings is 1. The predicted octanol–water partition coefficient (Wildman–Crippen LogP) is 2.69. The topological polar surface area (TPSA) is 74.6 Å². The summed E-state index contributed by atoms with van der Waals surface area (Å²) in [6, 6.07) is 10.2. The van der Waals surface area contributed by atoms with Gasteiger partial charge >= 0.3 is 0 Å². The van der Waals surface area contributed by atoms with E-state index in [1.54, 1.807) is 16.3 Å². The average Bonchev–Trinajstić information content (AvgIpc) is 3.30. The lowest BCUT2D eigenvalue weighted by Gasteiger charge is -2.01. The molecular weight excluding hydrogens is 304 g/mol. The molecule has 0 aliphatic rings. The van der Waals surface area contributed by atoms with E-state index in [4.69, 9.17) is 4.52 Å². The Kier molecular flexibility index (Phi) is 3.45. The van der Waals surface area contributed by atoms with Crippen molar-refractivity contribution in [3.05, 3.63) is 60.6 Å². The first kappa shape index (κ1) is 14.4. The average molecular weight is 320 g/mol.